The first-order valence-corrected chi connectivity index (χ1v) is 11.6. The van der Waals surface area contributed by atoms with Gasteiger partial charge in [0, 0.05) is 0 Å². The van der Waals surface area contributed by atoms with E-state index in [1.54, 1.807) is 0 Å². The van der Waals surface area contributed by atoms with Crippen LogP contribution in [0.15, 0.2) is 30.3 Å². The monoisotopic (exact) mass is 422 g/mol. The molecule has 0 saturated heterocycles. The Morgan fingerprint density at radius 3 is 2.03 bits per heavy atom. The van der Waals surface area contributed by atoms with Crippen molar-refractivity contribution < 1.29 is 19.1 Å². The van der Waals surface area contributed by atoms with E-state index in [-0.39, 0.29) is 12.6 Å². The Morgan fingerprint density at radius 2 is 1.60 bits per heavy atom. The van der Waals surface area contributed by atoms with Crippen LogP contribution in [-0.4, -0.2) is 55.5 Å². The number of nitrogens with zero attached hydrogens (tertiary/aromatic N) is 1. The highest BCUT2D eigenvalue weighted by Crippen LogP contribution is 2.34. The highest BCUT2D eigenvalue weighted by atomic mass is 16.5. The number of ether oxygens (including phenoxy) is 1. The van der Waals surface area contributed by atoms with Crippen molar-refractivity contribution in [3.05, 3.63) is 35.9 Å². The summed E-state index contributed by atoms with van der Waals surface area (Å²) in [5, 5.41) is 10.1. The normalized spacial score (nSPS) is 14.0. The number of esters is 1. The van der Waals surface area contributed by atoms with Crippen LogP contribution in [0.2, 0.25) is 0 Å². The number of likely N-dealkylation sites (N-methyl/N-ethyl adjacent to an activating group) is 1. The summed E-state index contributed by atoms with van der Waals surface area (Å²) >= 11 is 0. The van der Waals surface area contributed by atoms with Crippen LogP contribution >= 0.6 is 0 Å². The second-order valence-electron chi connectivity index (χ2n) is 10.1. The van der Waals surface area contributed by atoms with Crippen molar-refractivity contribution in [3.63, 3.8) is 0 Å². The number of carbonyl (C=O) groups is 1. The first-order valence-electron chi connectivity index (χ1n) is 11.6. The zero-order valence-corrected chi connectivity index (χ0v) is 21.1. The van der Waals surface area contributed by atoms with Crippen molar-refractivity contribution in [1.29, 1.82) is 0 Å². The molecule has 30 heavy (non-hydrogen) atoms. The molecule has 0 saturated carbocycles. The summed E-state index contributed by atoms with van der Waals surface area (Å²) in [6.45, 7) is 16.3. The van der Waals surface area contributed by atoms with E-state index in [0.29, 0.717) is 16.9 Å². The van der Waals surface area contributed by atoms with E-state index in [0.717, 1.165) is 25.3 Å². The third kappa shape index (κ3) is 11.7. The standard InChI is InChI=1S/C21H36NO3.C5H12/c1-7-17(18-12-10-9-11-13-18)14-21(3,4)20(24)25-16-19(23)15-22(5,6)8-2;1-4-5(2)3/h9-13,17,19,23H,7-8,14-16H2,1-6H3;5H,4H2,1-3H3/q+1;. The molecule has 0 aliphatic heterocycles. The summed E-state index contributed by atoms with van der Waals surface area (Å²) in [7, 11) is 4.11. The molecule has 1 N–H and O–H groups in total. The van der Waals surface area contributed by atoms with Gasteiger partial charge in [0.15, 0.2) is 0 Å². The molecule has 1 aromatic carbocycles. The quantitative estimate of drug-likeness (QED) is 0.370. The highest BCUT2D eigenvalue weighted by molar-refractivity contribution is 5.76. The van der Waals surface area contributed by atoms with E-state index in [1.165, 1.54) is 12.0 Å². The largest absolute Gasteiger partial charge is 0.462 e. The van der Waals surface area contributed by atoms with E-state index < -0.39 is 11.5 Å². The number of quaternary nitrogens is 1. The lowest BCUT2D eigenvalue weighted by atomic mass is 9.79. The van der Waals surface area contributed by atoms with Crippen molar-refractivity contribution in [2.24, 2.45) is 11.3 Å². The van der Waals surface area contributed by atoms with E-state index in [4.69, 9.17) is 4.74 Å². The van der Waals surface area contributed by atoms with Gasteiger partial charge in [0.1, 0.15) is 19.3 Å². The summed E-state index contributed by atoms with van der Waals surface area (Å²) in [5.74, 6) is 0.974. The van der Waals surface area contributed by atoms with Crippen LogP contribution in [0, 0.1) is 11.3 Å². The molecule has 0 heterocycles. The maximum Gasteiger partial charge on any atom is 0.311 e. The molecule has 0 bridgehead atoms. The predicted octanol–water partition coefficient (Wildman–Crippen LogP) is 5.65. The van der Waals surface area contributed by atoms with Crippen LogP contribution in [-0.2, 0) is 9.53 Å². The zero-order chi connectivity index (χ0) is 23.4. The Kier molecular flexibility index (Phi) is 13.2. The molecule has 0 fully saturated rings. The molecule has 174 valence electrons. The Morgan fingerprint density at radius 1 is 1.07 bits per heavy atom. The number of rotatable bonds is 11. The number of aliphatic hydroxyl groups excluding tert-OH is 1. The third-order valence-electron chi connectivity index (χ3n) is 5.86. The summed E-state index contributed by atoms with van der Waals surface area (Å²) in [6.07, 6.45) is 2.38. The number of aliphatic hydroxyl groups is 1. The van der Waals surface area contributed by atoms with Gasteiger partial charge in [-0.1, -0.05) is 64.4 Å². The predicted molar refractivity (Wildman–Crippen MR) is 127 cm³/mol. The summed E-state index contributed by atoms with van der Waals surface area (Å²) < 4.78 is 6.14. The minimum atomic E-state index is -0.634. The molecule has 2 atom stereocenters. The van der Waals surface area contributed by atoms with Crippen molar-refractivity contribution >= 4 is 5.97 Å². The zero-order valence-electron chi connectivity index (χ0n) is 21.1. The molecule has 4 nitrogen and oxygen atoms in total. The van der Waals surface area contributed by atoms with Crippen LogP contribution < -0.4 is 0 Å². The maximum absolute atomic E-state index is 12.5. The average molecular weight is 423 g/mol. The molecular formula is C26H48NO3+. The number of hydrogen-bond donors (Lipinski definition) is 1. The molecular weight excluding hydrogens is 374 g/mol. The highest BCUT2D eigenvalue weighted by Gasteiger charge is 2.33. The topological polar surface area (TPSA) is 46.5 Å². The second kappa shape index (κ2) is 13.8. The first-order chi connectivity index (χ1) is 13.9. The number of hydrogen-bond acceptors (Lipinski definition) is 3. The van der Waals surface area contributed by atoms with Crippen LogP contribution in [0.25, 0.3) is 0 Å². The summed E-state index contributed by atoms with van der Waals surface area (Å²) in [4.78, 5) is 12.5. The fraction of sp³-hybridized carbons (Fsp3) is 0.731. The van der Waals surface area contributed by atoms with Crippen molar-refractivity contribution in [1.82, 2.24) is 0 Å². The molecule has 0 radical (unpaired) electrons. The lowest BCUT2D eigenvalue weighted by Crippen LogP contribution is -2.46. The van der Waals surface area contributed by atoms with Gasteiger partial charge < -0.3 is 14.3 Å². The van der Waals surface area contributed by atoms with Gasteiger partial charge in [0.2, 0.25) is 0 Å². The third-order valence-corrected chi connectivity index (χ3v) is 5.86. The van der Waals surface area contributed by atoms with Gasteiger partial charge in [-0.2, -0.15) is 0 Å². The van der Waals surface area contributed by atoms with Gasteiger partial charge in [-0.15, -0.1) is 0 Å². The van der Waals surface area contributed by atoms with E-state index in [9.17, 15) is 9.90 Å². The summed E-state index contributed by atoms with van der Waals surface area (Å²) in [5.41, 5.74) is 0.679. The molecule has 0 aromatic heterocycles. The molecule has 2 unspecified atom stereocenters. The number of carbonyl (C=O) groups excluding carboxylic acids is 1. The summed E-state index contributed by atoms with van der Waals surface area (Å²) in [6, 6.07) is 10.3. The average Bonchev–Trinajstić information content (AvgIpc) is 2.70. The van der Waals surface area contributed by atoms with Crippen LogP contribution in [0.4, 0.5) is 0 Å². The van der Waals surface area contributed by atoms with Gasteiger partial charge in [-0.25, -0.2) is 0 Å². The molecule has 1 rings (SSSR count). The van der Waals surface area contributed by atoms with Gasteiger partial charge in [0.05, 0.1) is 26.1 Å². The minimum absolute atomic E-state index is 0.0616. The molecule has 0 aliphatic rings. The van der Waals surface area contributed by atoms with E-state index in [1.807, 2.05) is 32.0 Å². The van der Waals surface area contributed by atoms with Gasteiger partial charge in [-0.3, -0.25) is 4.79 Å². The molecule has 0 amide bonds. The molecule has 0 aliphatic carbocycles. The van der Waals surface area contributed by atoms with Gasteiger partial charge in [0.25, 0.3) is 0 Å². The van der Waals surface area contributed by atoms with E-state index in [2.05, 4.69) is 60.8 Å². The fourth-order valence-corrected chi connectivity index (χ4v) is 3.04. The first kappa shape index (κ1) is 28.6. The Balaban J connectivity index is 0.00000150. The Hall–Kier alpha value is -1.39. The second-order valence-corrected chi connectivity index (χ2v) is 10.1. The number of benzene rings is 1. The minimum Gasteiger partial charge on any atom is -0.462 e. The molecule has 4 heteroatoms. The maximum atomic E-state index is 12.5. The SMILES string of the molecule is CCC(C)C.CCC(CC(C)(C)C(=O)OCC(O)C[N+](C)(C)CC)c1ccccc1. The molecule has 1 aromatic rings. The van der Waals surface area contributed by atoms with Crippen molar-refractivity contribution in [3.8, 4) is 0 Å². The lowest BCUT2D eigenvalue weighted by Gasteiger charge is -2.31. The molecule has 0 spiro atoms. The smallest absolute Gasteiger partial charge is 0.311 e. The van der Waals surface area contributed by atoms with Gasteiger partial charge in [-0.05, 0) is 51.0 Å². The lowest BCUT2D eigenvalue weighted by molar-refractivity contribution is -0.891. The Bertz CT molecular complexity index is 581. The van der Waals surface area contributed by atoms with Crippen LogP contribution in [0.5, 0.6) is 0 Å². The van der Waals surface area contributed by atoms with E-state index >= 15 is 0 Å². The van der Waals surface area contributed by atoms with Crippen LogP contribution in [0.1, 0.15) is 79.2 Å². The van der Waals surface area contributed by atoms with Crippen molar-refractivity contribution in [2.45, 2.75) is 79.8 Å². The van der Waals surface area contributed by atoms with Crippen molar-refractivity contribution in [2.75, 3.05) is 33.8 Å². The van der Waals surface area contributed by atoms with Gasteiger partial charge >= 0.3 is 5.97 Å². The van der Waals surface area contributed by atoms with Crippen LogP contribution in [0.3, 0.4) is 0 Å². The Labute approximate surface area is 186 Å². The fourth-order valence-electron chi connectivity index (χ4n) is 3.04.